The molecule has 1 aliphatic heterocycles. The zero-order valence-corrected chi connectivity index (χ0v) is 18.1. The van der Waals surface area contributed by atoms with Crippen LogP contribution in [0.4, 0.5) is 11.4 Å². The first kappa shape index (κ1) is 20.0. The third-order valence-electron chi connectivity index (χ3n) is 4.55. The fraction of sp³-hybridized carbons (Fsp3) is 0.0476. The molecule has 0 saturated heterocycles. The number of nitrogens with one attached hydrogen (secondary N) is 1. The van der Waals surface area contributed by atoms with Crippen LogP contribution >= 0.6 is 46.1 Å². The molecule has 0 unspecified atom stereocenters. The van der Waals surface area contributed by atoms with Crippen molar-refractivity contribution in [3.05, 3.63) is 85.1 Å². The fourth-order valence-corrected chi connectivity index (χ4v) is 4.38. The third kappa shape index (κ3) is 3.45. The van der Waals surface area contributed by atoms with Gasteiger partial charge < -0.3 is 5.32 Å². The molecule has 3 aromatic rings. The maximum atomic E-state index is 13.3. The van der Waals surface area contributed by atoms with Gasteiger partial charge in [0.2, 0.25) is 0 Å². The summed E-state index contributed by atoms with van der Waals surface area (Å²) < 4.78 is 0. The molecule has 0 aliphatic carbocycles. The Kier molecular flexibility index (Phi) is 5.40. The first-order chi connectivity index (χ1) is 13.9. The molecular formula is C21H13Cl3N2O2S. The summed E-state index contributed by atoms with van der Waals surface area (Å²) in [5, 5.41) is 5.92. The van der Waals surface area contributed by atoms with Crippen molar-refractivity contribution >= 4 is 74.9 Å². The van der Waals surface area contributed by atoms with Crippen LogP contribution in [0.5, 0.6) is 0 Å². The number of amides is 2. The van der Waals surface area contributed by atoms with Crippen LogP contribution in [0.2, 0.25) is 15.1 Å². The number of rotatable bonds is 4. The number of benzene rings is 2. The Balaban J connectivity index is 1.85. The van der Waals surface area contributed by atoms with Crippen molar-refractivity contribution < 1.29 is 9.59 Å². The lowest BCUT2D eigenvalue weighted by molar-refractivity contribution is -0.120. The molecule has 2 amide bonds. The molecule has 8 heteroatoms. The summed E-state index contributed by atoms with van der Waals surface area (Å²) in [6.07, 6.45) is 0. The molecule has 0 atom stereocenters. The van der Waals surface area contributed by atoms with Gasteiger partial charge in [-0.2, -0.15) is 0 Å². The third-order valence-corrected chi connectivity index (χ3v) is 6.66. The Labute approximate surface area is 186 Å². The number of imide groups is 1. The summed E-state index contributed by atoms with van der Waals surface area (Å²) in [4.78, 5) is 28.4. The molecule has 0 fully saturated rings. The number of carbonyl (C=O) groups is 2. The molecule has 1 aromatic heterocycles. The molecule has 0 saturated carbocycles. The Morgan fingerprint density at radius 2 is 1.62 bits per heavy atom. The molecule has 1 N–H and O–H groups in total. The predicted molar refractivity (Wildman–Crippen MR) is 120 cm³/mol. The summed E-state index contributed by atoms with van der Waals surface area (Å²) in [6, 6.07) is 13.8. The quantitative estimate of drug-likeness (QED) is 0.455. The van der Waals surface area contributed by atoms with Gasteiger partial charge in [-0.1, -0.05) is 53.0 Å². The van der Waals surface area contributed by atoms with Gasteiger partial charge in [-0.05, 0) is 48.2 Å². The highest BCUT2D eigenvalue weighted by molar-refractivity contribution is 7.11. The molecule has 2 aromatic carbocycles. The summed E-state index contributed by atoms with van der Waals surface area (Å²) in [5.41, 5.74) is 2.09. The standard InChI is InChI=1S/C21H13Cl3N2O2S/c1-11-12(22)5-2-7-14(11)25-19-17(16-9-4-10-29-16)20(27)26(21(19)28)15-8-3-6-13(23)18(15)24/h2-10,25H,1H3. The number of carbonyl (C=O) groups excluding carboxylic acids is 2. The van der Waals surface area contributed by atoms with Gasteiger partial charge >= 0.3 is 0 Å². The predicted octanol–water partition coefficient (Wildman–Crippen LogP) is 6.41. The van der Waals surface area contributed by atoms with Crippen molar-refractivity contribution in [2.45, 2.75) is 6.92 Å². The van der Waals surface area contributed by atoms with Crippen LogP contribution in [0.1, 0.15) is 10.4 Å². The van der Waals surface area contributed by atoms with Crippen LogP contribution in [0.25, 0.3) is 5.57 Å². The van der Waals surface area contributed by atoms with E-state index >= 15 is 0 Å². The minimum absolute atomic E-state index is 0.140. The van der Waals surface area contributed by atoms with E-state index in [1.165, 1.54) is 11.3 Å². The van der Waals surface area contributed by atoms with E-state index in [4.69, 9.17) is 34.8 Å². The van der Waals surface area contributed by atoms with E-state index in [1.54, 1.807) is 42.5 Å². The minimum Gasteiger partial charge on any atom is -0.350 e. The van der Waals surface area contributed by atoms with Gasteiger partial charge in [0.15, 0.2) is 0 Å². The lowest BCUT2D eigenvalue weighted by Gasteiger charge is -2.17. The monoisotopic (exact) mass is 462 g/mol. The average molecular weight is 464 g/mol. The SMILES string of the molecule is Cc1c(Cl)cccc1NC1=C(c2cccs2)C(=O)N(c2cccc(Cl)c2Cl)C1=O. The van der Waals surface area contributed by atoms with Crippen LogP contribution < -0.4 is 10.2 Å². The molecule has 0 radical (unpaired) electrons. The van der Waals surface area contributed by atoms with Gasteiger partial charge in [-0.25, -0.2) is 4.90 Å². The number of nitrogens with zero attached hydrogens (tertiary/aromatic N) is 1. The molecule has 1 aliphatic rings. The van der Waals surface area contributed by atoms with Crippen LogP contribution in [-0.4, -0.2) is 11.8 Å². The molecule has 0 bridgehead atoms. The maximum Gasteiger partial charge on any atom is 0.282 e. The summed E-state index contributed by atoms with van der Waals surface area (Å²) in [5.74, 6) is -0.981. The van der Waals surface area contributed by atoms with Crippen molar-refractivity contribution in [2.75, 3.05) is 10.2 Å². The summed E-state index contributed by atoms with van der Waals surface area (Å²) in [7, 11) is 0. The molecular weight excluding hydrogens is 451 g/mol. The van der Waals surface area contributed by atoms with E-state index in [2.05, 4.69) is 5.32 Å². The topological polar surface area (TPSA) is 49.4 Å². The highest BCUT2D eigenvalue weighted by atomic mass is 35.5. The number of anilines is 2. The largest absolute Gasteiger partial charge is 0.350 e. The van der Waals surface area contributed by atoms with Crippen LogP contribution in [-0.2, 0) is 9.59 Å². The molecule has 2 heterocycles. The maximum absolute atomic E-state index is 13.3. The van der Waals surface area contributed by atoms with E-state index in [0.717, 1.165) is 10.5 Å². The van der Waals surface area contributed by atoms with Crippen molar-refractivity contribution in [1.29, 1.82) is 0 Å². The van der Waals surface area contributed by atoms with Crippen molar-refractivity contribution in [3.63, 3.8) is 0 Å². The molecule has 4 nitrogen and oxygen atoms in total. The van der Waals surface area contributed by atoms with E-state index in [-0.39, 0.29) is 27.0 Å². The molecule has 0 spiro atoms. The van der Waals surface area contributed by atoms with Gasteiger partial charge in [-0.3, -0.25) is 9.59 Å². The second kappa shape index (κ2) is 7.84. The average Bonchev–Trinajstić information content (AvgIpc) is 3.29. The Hall–Kier alpha value is -2.31. The normalized spacial score (nSPS) is 14.1. The Bertz CT molecular complexity index is 1170. The minimum atomic E-state index is -0.512. The first-order valence-corrected chi connectivity index (χ1v) is 10.5. The van der Waals surface area contributed by atoms with Gasteiger partial charge in [-0.15, -0.1) is 11.3 Å². The molecule has 4 rings (SSSR count). The van der Waals surface area contributed by atoms with E-state index in [1.807, 2.05) is 18.4 Å². The van der Waals surface area contributed by atoms with Gasteiger partial charge in [0.1, 0.15) is 5.70 Å². The van der Waals surface area contributed by atoms with Crippen LogP contribution in [0.15, 0.2) is 59.6 Å². The second-order valence-corrected chi connectivity index (χ2v) is 8.42. The van der Waals surface area contributed by atoms with Gasteiger partial charge in [0.25, 0.3) is 11.8 Å². The van der Waals surface area contributed by atoms with Crippen molar-refractivity contribution in [2.24, 2.45) is 0 Å². The highest BCUT2D eigenvalue weighted by Crippen LogP contribution is 2.40. The highest BCUT2D eigenvalue weighted by Gasteiger charge is 2.41. The van der Waals surface area contributed by atoms with E-state index in [0.29, 0.717) is 15.6 Å². The molecule has 29 heavy (non-hydrogen) atoms. The lowest BCUT2D eigenvalue weighted by Crippen LogP contribution is -2.32. The van der Waals surface area contributed by atoms with Crippen LogP contribution in [0, 0.1) is 6.92 Å². The summed E-state index contributed by atoms with van der Waals surface area (Å²) >= 11 is 20.0. The number of hydrogen-bond donors (Lipinski definition) is 1. The molecule has 146 valence electrons. The van der Waals surface area contributed by atoms with Gasteiger partial charge in [0.05, 0.1) is 21.3 Å². The van der Waals surface area contributed by atoms with Crippen molar-refractivity contribution in [3.8, 4) is 0 Å². The fourth-order valence-electron chi connectivity index (χ4n) is 3.06. The Morgan fingerprint density at radius 1 is 0.897 bits per heavy atom. The zero-order valence-electron chi connectivity index (χ0n) is 15.0. The number of hydrogen-bond acceptors (Lipinski definition) is 4. The first-order valence-electron chi connectivity index (χ1n) is 8.53. The van der Waals surface area contributed by atoms with Crippen molar-refractivity contribution in [1.82, 2.24) is 0 Å². The summed E-state index contributed by atoms with van der Waals surface area (Å²) in [6.45, 7) is 1.84. The van der Waals surface area contributed by atoms with Crippen LogP contribution in [0.3, 0.4) is 0 Å². The van der Waals surface area contributed by atoms with E-state index in [9.17, 15) is 9.59 Å². The smallest absolute Gasteiger partial charge is 0.282 e. The number of halogens is 3. The zero-order chi connectivity index (χ0) is 20.7. The van der Waals surface area contributed by atoms with Gasteiger partial charge in [0, 0.05) is 15.6 Å². The number of thiophene rings is 1. The Morgan fingerprint density at radius 3 is 2.34 bits per heavy atom. The second-order valence-electron chi connectivity index (χ2n) is 6.28. The lowest BCUT2D eigenvalue weighted by atomic mass is 10.1. The van der Waals surface area contributed by atoms with E-state index < -0.39 is 11.8 Å².